The van der Waals surface area contributed by atoms with Crippen molar-refractivity contribution >= 4 is 41.5 Å². The minimum atomic E-state index is -1.57. The molecule has 5 amide bonds. The van der Waals surface area contributed by atoms with Gasteiger partial charge >= 0.3 is 5.97 Å². The molecule has 0 saturated carbocycles. The van der Waals surface area contributed by atoms with E-state index in [1.165, 1.54) is 0 Å². The maximum Gasteiger partial charge on any atom is 0.326 e. The highest BCUT2D eigenvalue weighted by molar-refractivity contribution is 5.96. The van der Waals surface area contributed by atoms with Crippen LogP contribution in [-0.2, 0) is 28.8 Å². The Labute approximate surface area is 214 Å². The predicted molar refractivity (Wildman–Crippen MR) is 133 cm³/mol. The van der Waals surface area contributed by atoms with E-state index in [1.54, 1.807) is 0 Å². The second kappa shape index (κ2) is 16.7. The third kappa shape index (κ3) is 14.9. The molecule has 0 fully saturated rings. The maximum atomic E-state index is 13.0. The van der Waals surface area contributed by atoms with E-state index in [4.69, 9.17) is 28.7 Å². The molecule has 0 aliphatic rings. The smallest absolute Gasteiger partial charge is 0.326 e. The molecule has 4 unspecified atom stereocenters. The van der Waals surface area contributed by atoms with Crippen molar-refractivity contribution in [3.05, 3.63) is 0 Å². The van der Waals surface area contributed by atoms with Crippen LogP contribution in [0.25, 0.3) is 0 Å². The molecule has 0 saturated heterocycles. The van der Waals surface area contributed by atoms with Gasteiger partial charge in [0.2, 0.25) is 29.5 Å². The van der Waals surface area contributed by atoms with Gasteiger partial charge in [-0.3, -0.25) is 29.0 Å². The zero-order valence-corrected chi connectivity index (χ0v) is 21.1. The SMILES string of the molecule is CC(C)CC(N)C(=O)NC(CCCN=C(N)N)C(=O)NC(CC(N)=O)C(=O)NC(CCC(N)=O)C(=O)O. The molecule has 4 atom stereocenters. The van der Waals surface area contributed by atoms with Crippen molar-refractivity contribution in [3.63, 3.8) is 0 Å². The van der Waals surface area contributed by atoms with Gasteiger partial charge in [-0.25, -0.2) is 4.79 Å². The lowest BCUT2D eigenvalue weighted by atomic mass is 10.0. The predicted octanol–water partition coefficient (Wildman–Crippen LogP) is -3.91. The third-order valence-corrected chi connectivity index (χ3v) is 4.97. The highest BCUT2D eigenvalue weighted by atomic mass is 16.4. The summed E-state index contributed by atoms with van der Waals surface area (Å²) in [5.74, 6) is -5.74. The first kappa shape index (κ1) is 33.0. The number of amides is 5. The average molecular weight is 530 g/mol. The van der Waals surface area contributed by atoms with Gasteiger partial charge < -0.3 is 49.7 Å². The van der Waals surface area contributed by atoms with E-state index in [2.05, 4.69) is 20.9 Å². The summed E-state index contributed by atoms with van der Waals surface area (Å²) in [7, 11) is 0. The van der Waals surface area contributed by atoms with Gasteiger partial charge in [-0.15, -0.1) is 0 Å². The number of nitrogens with one attached hydrogen (secondary N) is 3. The quantitative estimate of drug-likeness (QED) is 0.0472. The maximum absolute atomic E-state index is 13.0. The van der Waals surface area contributed by atoms with Gasteiger partial charge in [0, 0.05) is 13.0 Å². The van der Waals surface area contributed by atoms with Gasteiger partial charge in [-0.05, 0) is 31.6 Å². The van der Waals surface area contributed by atoms with Gasteiger partial charge in [0.05, 0.1) is 12.5 Å². The lowest BCUT2D eigenvalue weighted by Gasteiger charge is -2.25. The molecule has 0 aliphatic heterocycles. The fraction of sp³-hybridized carbons (Fsp3) is 0.667. The second-order valence-electron chi connectivity index (χ2n) is 8.88. The molecule has 0 aliphatic carbocycles. The van der Waals surface area contributed by atoms with Crippen LogP contribution in [0.15, 0.2) is 4.99 Å². The lowest BCUT2D eigenvalue weighted by molar-refractivity contribution is -0.142. The van der Waals surface area contributed by atoms with Gasteiger partial charge in [-0.2, -0.15) is 0 Å². The molecule has 0 aromatic rings. The number of carbonyl (C=O) groups excluding carboxylic acids is 5. The Kier molecular flexibility index (Phi) is 14.9. The van der Waals surface area contributed by atoms with Gasteiger partial charge in [0.25, 0.3) is 0 Å². The summed E-state index contributed by atoms with van der Waals surface area (Å²) >= 11 is 0. The minimum absolute atomic E-state index is 0.0457. The molecule has 16 nitrogen and oxygen atoms in total. The van der Waals surface area contributed by atoms with Crippen LogP contribution in [0, 0.1) is 5.92 Å². The number of nitrogens with zero attached hydrogens (tertiary/aromatic N) is 1. The number of carboxylic acid groups (broad SMARTS) is 1. The van der Waals surface area contributed by atoms with Crippen molar-refractivity contribution in [2.24, 2.45) is 39.6 Å². The molecule has 0 bridgehead atoms. The van der Waals surface area contributed by atoms with Gasteiger partial charge in [0.1, 0.15) is 18.1 Å². The Bertz CT molecular complexity index is 859. The van der Waals surface area contributed by atoms with Crippen molar-refractivity contribution in [1.82, 2.24) is 16.0 Å². The first-order chi connectivity index (χ1) is 17.1. The fourth-order valence-corrected chi connectivity index (χ4v) is 3.17. The number of carboxylic acids is 1. The number of hydrogen-bond acceptors (Lipinski definition) is 8. The second-order valence-corrected chi connectivity index (χ2v) is 8.88. The molecule has 0 aromatic heterocycles. The zero-order valence-electron chi connectivity index (χ0n) is 21.1. The summed E-state index contributed by atoms with van der Waals surface area (Å²) in [5, 5.41) is 16.3. The van der Waals surface area contributed by atoms with E-state index in [-0.39, 0.29) is 44.1 Å². The van der Waals surface area contributed by atoms with E-state index in [9.17, 15) is 33.9 Å². The molecule has 0 radical (unpaired) electrons. The Hall–Kier alpha value is -3.95. The number of nitrogens with two attached hydrogens (primary N) is 5. The topological polar surface area (TPSA) is 301 Å². The molecular formula is C21H39N9O7. The van der Waals surface area contributed by atoms with E-state index < -0.39 is 66.1 Å². The summed E-state index contributed by atoms with van der Waals surface area (Å²) < 4.78 is 0. The van der Waals surface area contributed by atoms with Crippen LogP contribution in [-0.4, -0.2) is 77.3 Å². The summed E-state index contributed by atoms with van der Waals surface area (Å²) in [5.41, 5.74) is 26.7. The van der Waals surface area contributed by atoms with Crippen LogP contribution < -0.4 is 44.6 Å². The Morgan fingerprint density at radius 2 is 1.32 bits per heavy atom. The lowest BCUT2D eigenvalue weighted by Crippen LogP contribution is -2.57. The van der Waals surface area contributed by atoms with Crippen LogP contribution in [0.3, 0.4) is 0 Å². The summed E-state index contributed by atoms with van der Waals surface area (Å²) in [6.45, 7) is 3.88. The molecular weight excluding hydrogens is 490 g/mol. The van der Waals surface area contributed by atoms with Crippen LogP contribution >= 0.6 is 0 Å². The summed E-state index contributed by atoms with van der Waals surface area (Å²) in [4.78, 5) is 76.0. The Morgan fingerprint density at radius 3 is 1.81 bits per heavy atom. The molecule has 210 valence electrons. The van der Waals surface area contributed by atoms with Gasteiger partial charge in [0.15, 0.2) is 5.96 Å². The monoisotopic (exact) mass is 529 g/mol. The molecule has 14 N–H and O–H groups in total. The van der Waals surface area contributed by atoms with Crippen molar-refractivity contribution < 1.29 is 33.9 Å². The summed E-state index contributed by atoms with van der Waals surface area (Å²) in [6, 6.07) is -5.18. The third-order valence-electron chi connectivity index (χ3n) is 4.97. The van der Waals surface area contributed by atoms with Crippen LogP contribution in [0.4, 0.5) is 0 Å². The Balaban J connectivity index is 5.64. The zero-order chi connectivity index (χ0) is 28.7. The number of aliphatic carboxylic acids is 1. The number of rotatable bonds is 18. The van der Waals surface area contributed by atoms with E-state index in [0.717, 1.165) is 0 Å². The molecule has 0 aromatic carbocycles. The standard InChI is InChI=1S/C21H39N9O7/c1-10(2)8-11(22)17(33)28-12(4-3-7-27-21(25)26)18(34)30-14(9-16(24)32)19(35)29-13(20(36)37)5-6-15(23)31/h10-14H,3-9,22H2,1-2H3,(H2,23,31)(H2,24,32)(H,28,33)(H,29,35)(H,30,34)(H,36,37)(H4,25,26,27). The number of aliphatic imine (C=N–C) groups is 1. The number of guanidine groups is 1. The van der Waals surface area contributed by atoms with Crippen molar-refractivity contribution in [2.75, 3.05) is 6.54 Å². The summed E-state index contributed by atoms with van der Waals surface area (Å²) in [6.07, 6.45) is -0.653. The average Bonchev–Trinajstić information content (AvgIpc) is 2.76. The van der Waals surface area contributed by atoms with Crippen LogP contribution in [0.1, 0.15) is 52.4 Å². The van der Waals surface area contributed by atoms with Crippen LogP contribution in [0.2, 0.25) is 0 Å². The van der Waals surface area contributed by atoms with E-state index in [1.807, 2.05) is 13.8 Å². The normalized spacial score (nSPS) is 13.9. The van der Waals surface area contributed by atoms with E-state index in [0.29, 0.717) is 6.42 Å². The number of carbonyl (C=O) groups is 6. The molecule has 0 heterocycles. The van der Waals surface area contributed by atoms with Crippen LogP contribution in [0.5, 0.6) is 0 Å². The highest BCUT2D eigenvalue weighted by Crippen LogP contribution is 2.06. The molecule has 0 spiro atoms. The fourth-order valence-electron chi connectivity index (χ4n) is 3.17. The molecule has 37 heavy (non-hydrogen) atoms. The minimum Gasteiger partial charge on any atom is -0.480 e. The van der Waals surface area contributed by atoms with Crippen molar-refractivity contribution in [3.8, 4) is 0 Å². The highest BCUT2D eigenvalue weighted by Gasteiger charge is 2.31. The first-order valence-electron chi connectivity index (χ1n) is 11.6. The molecule has 0 rings (SSSR count). The number of primary amides is 2. The van der Waals surface area contributed by atoms with Crippen molar-refractivity contribution in [1.29, 1.82) is 0 Å². The first-order valence-corrected chi connectivity index (χ1v) is 11.6. The van der Waals surface area contributed by atoms with Crippen molar-refractivity contribution in [2.45, 2.75) is 76.5 Å². The molecule has 16 heteroatoms. The largest absolute Gasteiger partial charge is 0.480 e. The number of hydrogen-bond donors (Lipinski definition) is 9. The van der Waals surface area contributed by atoms with Gasteiger partial charge in [-0.1, -0.05) is 13.8 Å². The van der Waals surface area contributed by atoms with E-state index >= 15 is 0 Å². The Morgan fingerprint density at radius 1 is 0.784 bits per heavy atom.